The molecule has 0 amide bonds. The normalized spacial score (nSPS) is 11.6. The first-order valence-corrected chi connectivity index (χ1v) is 6.61. The summed E-state index contributed by atoms with van der Waals surface area (Å²) in [4.78, 5) is 7.32. The monoisotopic (exact) mass is 318 g/mol. The minimum absolute atomic E-state index is 0.0529. The first-order valence-electron chi connectivity index (χ1n) is 5.69. The SMILES string of the molecule is Oc1[nH]c(O)c(-c2c[nH]c3ccccc23)c1/C=C/Br. The summed E-state index contributed by atoms with van der Waals surface area (Å²) in [6.07, 6.45) is 3.50. The molecule has 3 aromatic rings. The Hall–Kier alpha value is -2.14. The Morgan fingerprint density at radius 1 is 1.11 bits per heavy atom. The zero-order valence-corrected chi connectivity index (χ0v) is 11.4. The van der Waals surface area contributed by atoms with Crippen LogP contribution in [0.1, 0.15) is 5.56 Å². The van der Waals surface area contributed by atoms with Crippen molar-refractivity contribution in [2.75, 3.05) is 0 Å². The van der Waals surface area contributed by atoms with Crippen molar-refractivity contribution < 1.29 is 10.2 Å². The van der Waals surface area contributed by atoms with E-state index in [1.54, 1.807) is 11.1 Å². The number of H-pyrrole nitrogens is 2. The van der Waals surface area contributed by atoms with Gasteiger partial charge in [-0.3, -0.25) is 4.98 Å². The molecule has 1 aromatic carbocycles. The molecule has 0 unspecified atom stereocenters. The van der Waals surface area contributed by atoms with Crippen LogP contribution in [0.4, 0.5) is 0 Å². The first kappa shape index (κ1) is 11.9. The van der Waals surface area contributed by atoms with E-state index in [9.17, 15) is 10.2 Å². The van der Waals surface area contributed by atoms with Crippen LogP contribution in [0.5, 0.6) is 11.8 Å². The maximum absolute atomic E-state index is 9.99. The van der Waals surface area contributed by atoms with Crippen LogP contribution < -0.4 is 0 Å². The van der Waals surface area contributed by atoms with Gasteiger partial charge in [-0.2, -0.15) is 0 Å². The second-order valence-corrected chi connectivity index (χ2v) is 4.68. The van der Waals surface area contributed by atoms with Crippen LogP contribution in [0.25, 0.3) is 28.1 Å². The van der Waals surface area contributed by atoms with E-state index in [1.165, 1.54) is 0 Å². The van der Waals surface area contributed by atoms with Gasteiger partial charge in [-0.05, 0) is 17.1 Å². The molecule has 0 radical (unpaired) electrons. The Morgan fingerprint density at radius 3 is 2.68 bits per heavy atom. The molecule has 19 heavy (non-hydrogen) atoms. The van der Waals surface area contributed by atoms with E-state index in [0.29, 0.717) is 11.1 Å². The molecular formula is C14H11BrN2O2. The number of nitrogens with one attached hydrogen (secondary N) is 2. The van der Waals surface area contributed by atoms with Crippen LogP contribution in [-0.4, -0.2) is 20.2 Å². The summed E-state index contributed by atoms with van der Waals surface area (Å²) in [5, 5.41) is 20.8. The average Bonchev–Trinajstić information content (AvgIpc) is 2.92. The maximum atomic E-state index is 9.99. The fraction of sp³-hybridized carbons (Fsp3) is 0. The molecule has 4 nitrogen and oxygen atoms in total. The van der Waals surface area contributed by atoms with Crippen molar-refractivity contribution in [3.8, 4) is 22.9 Å². The van der Waals surface area contributed by atoms with Crippen LogP contribution in [-0.2, 0) is 0 Å². The number of hydrogen-bond acceptors (Lipinski definition) is 2. The number of aromatic nitrogens is 2. The Morgan fingerprint density at radius 2 is 1.89 bits per heavy atom. The fourth-order valence-electron chi connectivity index (χ4n) is 2.26. The van der Waals surface area contributed by atoms with E-state index >= 15 is 0 Å². The molecule has 2 heterocycles. The molecule has 2 aromatic heterocycles. The number of fused-ring (bicyclic) bond motifs is 1. The van der Waals surface area contributed by atoms with E-state index in [4.69, 9.17) is 0 Å². The van der Waals surface area contributed by atoms with Crippen LogP contribution in [0.3, 0.4) is 0 Å². The molecule has 0 aliphatic carbocycles. The summed E-state index contributed by atoms with van der Waals surface area (Å²) in [6, 6.07) is 7.80. The molecule has 0 spiro atoms. The lowest BCUT2D eigenvalue weighted by Crippen LogP contribution is -1.77. The van der Waals surface area contributed by atoms with E-state index in [0.717, 1.165) is 16.5 Å². The van der Waals surface area contributed by atoms with Gasteiger partial charge in [0.2, 0.25) is 0 Å². The zero-order valence-electron chi connectivity index (χ0n) is 9.81. The van der Waals surface area contributed by atoms with E-state index in [2.05, 4.69) is 25.9 Å². The molecule has 0 atom stereocenters. The second kappa shape index (κ2) is 4.51. The quantitative estimate of drug-likeness (QED) is 0.578. The van der Waals surface area contributed by atoms with Crippen LogP contribution in [0.2, 0.25) is 0 Å². The maximum Gasteiger partial charge on any atom is 0.200 e. The lowest BCUT2D eigenvalue weighted by atomic mass is 10.0. The Bertz CT molecular complexity index is 771. The summed E-state index contributed by atoms with van der Waals surface area (Å²) < 4.78 is 0. The van der Waals surface area contributed by atoms with E-state index in [-0.39, 0.29) is 11.8 Å². The number of rotatable bonds is 2. The summed E-state index contributed by atoms with van der Waals surface area (Å²) in [6.45, 7) is 0. The third kappa shape index (κ3) is 1.82. The topological polar surface area (TPSA) is 72.0 Å². The van der Waals surface area contributed by atoms with Gasteiger partial charge in [-0.1, -0.05) is 34.1 Å². The molecule has 0 fully saturated rings. The van der Waals surface area contributed by atoms with Gasteiger partial charge >= 0.3 is 0 Å². The molecule has 0 saturated carbocycles. The minimum Gasteiger partial charge on any atom is -0.494 e. The lowest BCUT2D eigenvalue weighted by Gasteiger charge is -2.00. The average molecular weight is 319 g/mol. The van der Waals surface area contributed by atoms with Gasteiger partial charge in [-0.15, -0.1) is 0 Å². The standard InChI is InChI=1S/C14H11BrN2O2/c15-6-5-9-12(14(19)17-13(9)18)10-7-16-11-4-2-1-3-8(10)11/h1-7,16-19H/b6-5+. The molecule has 0 saturated heterocycles. The molecule has 96 valence electrons. The Kier molecular flexibility index (Phi) is 2.83. The lowest BCUT2D eigenvalue weighted by molar-refractivity contribution is 0.425. The molecule has 3 rings (SSSR count). The number of aromatic amines is 2. The summed E-state index contributed by atoms with van der Waals surface area (Å²) in [7, 11) is 0. The number of benzene rings is 1. The molecule has 4 N–H and O–H groups in total. The number of hydrogen-bond donors (Lipinski definition) is 4. The predicted molar refractivity (Wildman–Crippen MR) is 79.4 cm³/mol. The zero-order chi connectivity index (χ0) is 13.4. The van der Waals surface area contributed by atoms with Crippen LogP contribution in [0, 0.1) is 0 Å². The molecular weight excluding hydrogens is 308 g/mol. The van der Waals surface area contributed by atoms with Gasteiger partial charge in [-0.25, -0.2) is 0 Å². The minimum atomic E-state index is -0.0616. The Labute approximate surface area is 117 Å². The van der Waals surface area contributed by atoms with Gasteiger partial charge in [0.25, 0.3) is 0 Å². The summed E-state index contributed by atoms with van der Waals surface area (Å²) >= 11 is 3.18. The van der Waals surface area contributed by atoms with Crippen molar-refractivity contribution in [1.82, 2.24) is 9.97 Å². The summed E-state index contributed by atoms with van der Waals surface area (Å²) in [5.74, 6) is -0.115. The number of halogens is 1. The smallest absolute Gasteiger partial charge is 0.200 e. The second-order valence-electron chi connectivity index (χ2n) is 4.15. The van der Waals surface area contributed by atoms with Crippen molar-refractivity contribution in [1.29, 1.82) is 0 Å². The fourth-order valence-corrected chi connectivity index (χ4v) is 2.53. The highest BCUT2D eigenvalue weighted by atomic mass is 79.9. The Balaban J connectivity index is 2.33. The van der Waals surface area contributed by atoms with Gasteiger partial charge < -0.3 is 15.2 Å². The van der Waals surface area contributed by atoms with Crippen molar-refractivity contribution in [3.63, 3.8) is 0 Å². The van der Waals surface area contributed by atoms with E-state index in [1.807, 2.05) is 30.5 Å². The molecule has 0 aliphatic rings. The predicted octanol–water partition coefficient (Wildman–Crippen LogP) is 3.94. The highest BCUT2D eigenvalue weighted by Crippen LogP contribution is 2.41. The first-order chi connectivity index (χ1) is 9.22. The third-order valence-electron chi connectivity index (χ3n) is 3.09. The van der Waals surface area contributed by atoms with Gasteiger partial charge in [0.15, 0.2) is 11.8 Å². The van der Waals surface area contributed by atoms with Crippen molar-refractivity contribution in [2.45, 2.75) is 0 Å². The highest BCUT2D eigenvalue weighted by Gasteiger charge is 2.19. The highest BCUT2D eigenvalue weighted by molar-refractivity contribution is 9.11. The van der Waals surface area contributed by atoms with Gasteiger partial charge in [0, 0.05) is 28.2 Å². The van der Waals surface area contributed by atoms with Crippen molar-refractivity contribution in [2.24, 2.45) is 0 Å². The molecule has 0 aliphatic heterocycles. The third-order valence-corrected chi connectivity index (χ3v) is 3.35. The van der Waals surface area contributed by atoms with Gasteiger partial charge in [0.05, 0.1) is 5.56 Å². The van der Waals surface area contributed by atoms with E-state index < -0.39 is 0 Å². The van der Waals surface area contributed by atoms with Gasteiger partial charge in [0.1, 0.15) is 0 Å². The molecule has 0 bridgehead atoms. The number of para-hydroxylation sites is 1. The van der Waals surface area contributed by atoms with Crippen LogP contribution >= 0.6 is 15.9 Å². The van der Waals surface area contributed by atoms with Crippen molar-refractivity contribution in [3.05, 3.63) is 41.0 Å². The largest absolute Gasteiger partial charge is 0.494 e. The summed E-state index contributed by atoms with van der Waals surface area (Å²) in [5.41, 5.74) is 2.93. The van der Waals surface area contributed by atoms with Crippen LogP contribution in [0.15, 0.2) is 35.4 Å². The molecule has 5 heteroatoms. The van der Waals surface area contributed by atoms with Crippen molar-refractivity contribution >= 4 is 32.9 Å². The number of aromatic hydroxyl groups is 2.